The molecule has 2 atom stereocenters. The van der Waals surface area contributed by atoms with Gasteiger partial charge in [0.15, 0.2) is 5.78 Å². The Kier molecular flexibility index (Phi) is 4.33. The fourth-order valence-electron chi connectivity index (χ4n) is 2.68. The predicted molar refractivity (Wildman–Crippen MR) is 83.6 cm³/mol. The molecular formula is C19H15FO3. The number of benzene rings is 2. The normalized spacial score (nSPS) is 17.8. The first kappa shape index (κ1) is 15.2. The van der Waals surface area contributed by atoms with E-state index in [9.17, 15) is 14.0 Å². The Hall–Kier alpha value is -2.75. The third kappa shape index (κ3) is 3.54. The van der Waals surface area contributed by atoms with Crippen LogP contribution in [0, 0.1) is 5.82 Å². The molecule has 4 heteroatoms. The number of Topliss-reactive ketones (excluding diaryl/α,β-unsaturated/α-hetero) is 1. The van der Waals surface area contributed by atoms with E-state index in [1.165, 1.54) is 18.2 Å². The maximum absolute atomic E-state index is 13.2. The highest BCUT2D eigenvalue weighted by atomic mass is 19.1. The molecule has 0 fully saturated rings. The van der Waals surface area contributed by atoms with Crippen molar-refractivity contribution in [1.29, 1.82) is 0 Å². The van der Waals surface area contributed by atoms with Crippen molar-refractivity contribution < 1.29 is 18.7 Å². The molecule has 0 bridgehead atoms. The molecule has 1 heterocycles. The highest BCUT2D eigenvalue weighted by Gasteiger charge is 2.30. The molecule has 0 aliphatic carbocycles. The van der Waals surface area contributed by atoms with Gasteiger partial charge in [0.05, 0.1) is 0 Å². The van der Waals surface area contributed by atoms with E-state index in [4.69, 9.17) is 4.74 Å². The van der Waals surface area contributed by atoms with Gasteiger partial charge in [0, 0.05) is 24.0 Å². The molecule has 23 heavy (non-hydrogen) atoms. The zero-order valence-corrected chi connectivity index (χ0v) is 12.3. The molecule has 0 unspecified atom stereocenters. The lowest BCUT2D eigenvalue weighted by Gasteiger charge is -2.22. The van der Waals surface area contributed by atoms with E-state index in [0.717, 1.165) is 5.56 Å². The minimum Gasteiger partial charge on any atom is -0.454 e. The first-order chi connectivity index (χ1) is 11.1. The highest BCUT2D eigenvalue weighted by Crippen LogP contribution is 2.30. The molecule has 0 aromatic heterocycles. The maximum Gasteiger partial charge on any atom is 0.331 e. The van der Waals surface area contributed by atoms with Crippen LogP contribution in [0.1, 0.15) is 28.3 Å². The number of halogens is 1. The summed E-state index contributed by atoms with van der Waals surface area (Å²) < 4.78 is 18.4. The largest absolute Gasteiger partial charge is 0.454 e. The molecular weight excluding hydrogens is 295 g/mol. The smallest absolute Gasteiger partial charge is 0.331 e. The van der Waals surface area contributed by atoms with Crippen LogP contribution in [-0.2, 0) is 9.53 Å². The monoisotopic (exact) mass is 310 g/mol. The van der Waals surface area contributed by atoms with Crippen molar-refractivity contribution in [3.63, 3.8) is 0 Å². The van der Waals surface area contributed by atoms with E-state index >= 15 is 0 Å². The zero-order chi connectivity index (χ0) is 16.2. The molecule has 0 amide bonds. The number of esters is 1. The van der Waals surface area contributed by atoms with Gasteiger partial charge in [-0.25, -0.2) is 9.18 Å². The van der Waals surface area contributed by atoms with E-state index in [1.807, 2.05) is 6.07 Å². The van der Waals surface area contributed by atoms with E-state index in [-0.39, 0.29) is 23.9 Å². The van der Waals surface area contributed by atoms with Gasteiger partial charge in [-0.15, -0.1) is 0 Å². The Morgan fingerprint density at radius 1 is 1.09 bits per heavy atom. The van der Waals surface area contributed by atoms with Crippen molar-refractivity contribution in [3.05, 3.63) is 83.7 Å². The van der Waals surface area contributed by atoms with Gasteiger partial charge in [0.2, 0.25) is 0 Å². The molecule has 0 saturated heterocycles. The molecule has 0 N–H and O–H groups in total. The lowest BCUT2D eigenvalue weighted by atomic mass is 9.87. The molecule has 0 radical (unpaired) electrons. The van der Waals surface area contributed by atoms with Crippen LogP contribution in [-0.4, -0.2) is 17.9 Å². The van der Waals surface area contributed by atoms with E-state index in [1.54, 1.807) is 42.5 Å². The first-order valence-electron chi connectivity index (χ1n) is 7.36. The SMILES string of the molecule is O=C1C=C[C@@H]([C@@H](CC(=O)c2ccccc2)c2ccc(F)cc2)O1. The van der Waals surface area contributed by atoms with Gasteiger partial charge in [-0.3, -0.25) is 4.79 Å². The summed E-state index contributed by atoms with van der Waals surface area (Å²) in [6, 6.07) is 14.9. The van der Waals surface area contributed by atoms with Crippen molar-refractivity contribution in [2.24, 2.45) is 0 Å². The molecule has 116 valence electrons. The Morgan fingerprint density at radius 2 is 1.78 bits per heavy atom. The van der Waals surface area contributed by atoms with Crippen LogP contribution in [0.2, 0.25) is 0 Å². The second-order valence-corrected chi connectivity index (χ2v) is 5.41. The lowest BCUT2D eigenvalue weighted by molar-refractivity contribution is -0.139. The van der Waals surface area contributed by atoms with E-state index in [0.29, 0.717) is 5.56 Å². The lowest BCUT2D eigenvalue weighted by Crippen LogP contribution is -2.21. The number of carbonyl (C=O) groups is 2. The number of ketones is 1. The third-order valence-corrected chi connectivity index (χ3v) is 3.87. The Labute approximate surface area is 133 Å². The number of hydrogen-bond acceptors (Lipinski definition) is 3. The van der Waals surface area contributed by atoms with Gasteiger partial charge in [-0.2, -0.15) is 0 Å². The zero-order valence-electron chi connectivity index (χ0n) is 12.3. The Morgan fingerprint density at radius 3 is 2.39 bits per heavy atom. The molecule has 0 saturated carbocycles. The topological polar surface area (TPSA) is 43.4 Å². The van der Waals surface area contributed by atoms with Crippen LogP contribution in [0.25, 0.3) is 0 Å². The predicted octanol–water partition coefficient (Wildman–Crippen LogP) is 3.66. The summed E-state index contributed by atoms with van der Waals surface area (Å²) in [6.07, 6.45) is 2.67. The summed E-state index contributed by atoms with van der Waals surface area (Å²) >= 11 is 0. The quantitative estimate of drug-likeness (QED) is 0.625. The second-order valence-electron chi connectivity index (χ2n) is 5.41. The molecule has 2 aromatic carbocycles. The summed E-state index contributed by atoms with van der Waals surface area (Å²) in [4.78, 5) is 23.8. The number of carbonyl (C=O) groups excluding carboxylic acids is 2. The molecule has 1 aliphatic rings. The third-order valence-electron chi connectivity index (χ3n) is 3.87. The van der Waals surface area contributed by atoms with E-state index in [2.05, 4.69) is 0 Å². The van der Waals surface area contributed by atoms with Crippen molar-refractivity contribution >= 4 is 11.8 Å². The first-order valence-corrected chi connectivity index (χ1v) is 7.36. The number of ether oxygens (including phenoxy) is 1. The molecule has 2 aromatic rings. The molecule has 0 spiro atoms. The van der Waals surface area contributed by atoms with Crippen molar-refractivity contribution in [3.8, 4) is 0 Å². The summed E-state index contributed by atoms with van der Waals surface area (Å²) in [5.41, 5.74) is 1.37. The average molecular weight is 310 g/mol. The van der Waals surface area contributed by atoms with Gasteiger partial charge >= 0.3 is 5.97 Å². The Balaban J connectivity index is 1.86. The molecule has 1 aliphatic heterocycles. The number of cyclic esters (lactones) is 1. The van der Waals surface area contributed by atoms with Crippen LogP contribution in [0.15, 0.2) is 66.7 Å². The number of hydrogen-bond donors (Lipinski definition) is 0. The minimum atomic E-state index is -0.513. The van der Waals surface area contributed by atoms with Gasteiger partial charge in [0.25, 0.3) is 0 Å². The van der Waals surface area contributed by atoms with Crippen LogP contribution in [0.5, 0.6) is 0 Å². The van der Waals surface area contributed by atoms with E-state index < -0.39 is 12.1 Å². The number of rotatable bonds is 5. The summed E-state index contributed by atoms with van der Waals surface area (Å²) in [7, 11) is 0. The van der Waals surface area contributed by atoms with Gasteiger partial charge < -0.3 is 4.74 Å². The molecule has 3 rings (SSSR count). The Bertz CT molecular complexity index is 735. The van der Waals surface area contributed by atoms with Crippen LogP contribution in [0.3, 0.4) is 0 Å². The van der Waals surface area contributed by atoms with Crippen LogP contribution in [0.4, 0.5) is 4.39 Å². The summed E-state index contributed by atoms with van der Waals surface area (Å²) in [5.74, 6) is -1.16. The van der Waals surface area contributed by atoms with Crippen molar-refractivity contribution in [1.82, 2.24) is 0 Å². The van der Waals surface area contributed by atoms with Gasteiger partial charge in [0.1, 0.15) is 11.9 Å². The average Bonchev–Trinajstić information content (AvgIpc) is 3.00. The summed E-state index contributed by atoms with van der Waals surface area (Å²) in [6.45, 7) is 0. The van der Waals surface area contributed by atoms with Crippen molar-refractivity contribution in [2.75, 3.05) is 0 Å². The second kappa shape index (κ2) is 6.57. The fraction of sp³-hybridized carbons (Fsp3) is 0.158. The highest BCUT2D eigenvalue weighted by molar-refractivity contribution is 5.96. The standard InChI is InChI=1S/C19H15FO3/c20-15-8-6-13(7-9-15)16(18-10-11-19(22)23-18)12-17(21)14-4-2-1-3-5-14/h1-11,16,18H,12H2/t16-,18-/m0/s1. The van der Waals surface area contributed by atoms with Gasteiger partial charge in [-0.1, -0.05) is 42.5 Å². The van der Waals surface area contributed by atoms with Crippen LogP contribution >= 0.6 is 0 Å². The van der Waals surface area contributed by atoms with Crippen molar-refractivity contribution in [2.45, 2.75) is 18.4 Å². The summed E-state index contributed by atoms with van der Waals surface area (Å²) in [5, 5.41) is 0. The minimum absolute atomic E-state index is 0.0451. The van der Waals surface area contributed by atoms with Crippen LogP contribution < -0.4 is 0 Å². The fourth-order valence-corrected chi connectivity index (χ4v) is 2.68. The molecule has 3 nitrogen and oxygen atoms in total. The maximum atomic E-state index is 13.2. The van der Waals surface area contributed by atoms with Gasteiger partial charge in [-0.05, 0) is 23.8 Å².